The van der Waals surface area contributed by atoms with E-state index in [1.807, 2.05) is 37.3 Å². The summed E-state index contributed by atoms with van der Waals surface area (Å²) in [5, 5.41) is 31.5. The monoisotopic (exact) mass is 624 g/mol. The van der Waals surface area contributed by atoms with E-state index in [0.29, 0.717) is 69.0 Å². The third-order valence-electron chi connectivity index (χ3n) is 8.30. The molecule has 0 saturated heterocycles. The molecule has 0 amide bonds. The van der Waals surface area contributed by atoms with Crippen LogP contribution in [-0.4, -0.2) is 71.7 Å². The van der Waals surface area contributed by atoms with Crippen molar-refractivity contribution in [1.29, 1.82) is 0 Å². The summed E-state index contributed by atoms with van der Waals surface area (Å²) in [7, 11) is 0. The normalized spacial score (nSPS) is 20.2. The van der Waals surface area contributed by atoms with Gasteiger partial charge in [-0.2, -0.15) is 0 Å². The van der Waals surface area contributed by atoms with E-state index in [0.717, 1.165) is 12.0 Å². The van der Waals surface area contributed by atoms with Crippen LogP contribution in [0.15, 0.2) is 60.7 Å². The molecular formula is C36H48O9. The van der Waals surface area contributed by atoms with Gasteiger partial charge in [-0.15, -0.1) is 0 Å². The molecule has 5 atom stereocenters. The fraction of sp³-hybridized carbons (Fsp3) is 0.528. The van der Waals surface area contributed by atoms with E-state index < -0.39 is 24.3 Å². The van der Waals surface area contributed by atoms with Crippen molar-refractivity contribution in [2.45, 2.75) is 89.4 Å². The Balaban J connectivity index is 1.22. The Morgan fingerprint density at radius 3 is 2.42 bits per heavy atom. The molecule has 0 spiro atoms. The molecule has 0 aromatic heterocycles. The molecule has 0 aliphatic heterocycles. The zero-order valence-corrected chi connectivity index (χ0v) is 26.2. The van der Waals surface area contributed by atoms with Crippen LogP contribution >= 0.6 is 0 Å². The predicted octanol–water partition coefficient (Wildman–Crippen LogP) is 4.91. The van der Waals surface area contributed by atoms with E-state index in [1.165, 1.54) is 5.56 Å². The lowest BCUT2D eigenvalue weighted by Gasteiger charge is -2.23. The summed E-state index contributed by atoms with van der Waals surface area (Å²) >= 11 is 0. The van der Waals surface area contributed by atoms with E-state index in [9.17, 15) is 29.7 Å². The minimum Gasteiger partial charge on any atom is -0.482 e. The molecule has 2 aromatic carbocycles. The van der Waals surface area contributed by atoms with Gasteiger partial charge in [-0.1, -0.05) is 54.6 Å². The number of allylic oxidation sites excluding steroid dienone is 2. The standard InChI is InChI=1S/C36H48O9/c1-26-14-15-28(24-37)22-34(26)45-25-36(42)44-21-9-20-43-35(41)13-8-3-2-7-12-30-31(33(40)23-32(30)39)19-18-29(38)17-16-27-10-5-4-6-11-27/h2,4-7,10-11,14-15,22,24,29-33,38-40H,3,8-9,12-13,16-21,23,25H2,1H3/b7-2+/t29-,30+,31+,32-,33+/m0/s1. The minimum atomic E-state index is -0.567. The Morgan fingerprint density at radius 2 is 1.67 bits per heavy atom. The third-order valence-corrected chi connectivity index (χ3v) is 8.30. The average molecular weight is 625 g/mol. The third kappa shape index (κ3) is 13.2. The number of aryl methyl sites for hydroxylation is 2. The number of carbonyl (C=O) groups is 3. The first kappa shape index (κ1) is 35.9. The van der Waals surface area contributed by atoms with Crippen molar-refractivity contribution in [3.8, 4) is 5.75 Å². The van der Waals surface area contributed by atoms with E-state index in [1.54, 1.807) is 18.2 Å². The second kappa shape index (κ2) is 19.8. The molecule has 1 fully saturated rings. The van der Waals surface area contributed by atoms with Crippen LogP contribution in [-0.2, 0) is 25.5 Å². The SMILES string of the molecule is Cc1ccc(C=O)cc1OCC(=O)OCCCOC(=O)CCC/C=C/C[C@@H]1[C@@H](CC[C@@H](O)CCc2ccccc2)[C@H](O)C[C@@H]1O. The molecule has 0 unspecified atom stereocenters. The van der Waals surface area contributed by atoms with E-state index in [-0.39, 0.29) is 44.0 Å². The van der Waals surface area contributed by atoms with Crippen molar-refractivity contribution in [2.75, 3.05) is 19.8 Å². The maximum absolute atomic E-state index is 12.0. The Hall–Kier alpha value is -3.53. The highest BCUT2D eigenvalue weighted by atomic mass is 16.6. The maximum Gasteiger partial charge on any atom is 0.344 e. The molecule has 246 valence electrons. The molecule has 1 saturated carbocycles. The van der Waals surface area contributed by atoms with Gasteiger partial charge in [0.2, 0.25) is 0 Å². The molecule has 3 rings (SSSR count). The van der Waals surface area contributed by atoms with Gasteiger partial charge in [-0.3, -0.25) is 9.59 Å². The van der Waals surface area contributed by atoms with Crippen molar-refractivity contribution in [2.24, 2.45) is 11.8 Å². The van der Waals surface area contributed by atoms with Crippen LogP contribution in [0.4, 0.5) is 0 Å². The van der Waals surface area contributed by atoms with Gasteiger partial charge in [0.05, 0.1) is 31.5 Å². The fourth-order valence-corrected chi connectivity index (χ4v) is 5.68. The van der Waals surface area contributed by atoms with Crippen molar-refractivity contribution >= 4 is 18.2 Å². The van der Waals surface area contributed by atoms with Crippen molar-refractivity contribution in [1.82, 2.24) is 0 Å². The number of ether oxygens (including phenoxy) is 3. The fourth-order valence-electron chi connectivity index (χ4n) is 5.68. The van der Waals surface area contributed by atoms with Crippen LogP contribution in [0.5, 0.6) is 5.75 Å². The summed E-state index contributed by atoms with van der Waals surface area (Å²) in [5.41, 5.74) is 2.45. The number of aldehydes is 1. The van der Waals surface area contributed by atoms with Gasteiger partial charge in [0.25, 0.3) is 0 Å². The smallest absolute Gasteiger partial charge is 0.344 e. The lowest BCUT2D eigenvalue weighted by Crippen LogP contribution is -2.23. The van der Waals surface area contributed by atoms with Gasteiger partial charge in [0.1, 0.15) is 12.0 Å². The summed E-state index contributed by atoms with van der Waals surface area (Å²) in [4.78, 5) is 34.8. The molecular weight excluding hydrogens is 576 g/mol. The first-order chi connectivity index (χ1) is 21.8. The average Bonchev–Trinajstić information content (AvgIpc) is 3.31. The van der Waals surface area contributed by atoms with E-state index in [4.69, 9.17) is 14.2 Å². The van der Waals surface area contributed by atoms with Crippen LogP contribution in [0.2, 0.25) is 0 Å². The molecule has 45 heavy (non-hydrogen) atoms. The van der Waals surface area contributed by atoms with Crippen LogP contribution in [0.1, 0.15) is 79.3 Å². The molecule has 9 heteroatoms. The summed E-state index contributed by atoms with van der Waals surface area (Å²) < 4.78 is 15.8. The zero-order valence-electron chi connectivity index (χ0n) is 26.2. The van der Waals surface area contributed by atoms with Gasteiger partial charge in [-0.25, -0.2) is 4.79 Å². The quantitative estimate of drug-likeness (QED) is 0.0811. The lowest BCUT2D eigenvalue weighted by atomic mass is 9.85. The number of esters is 2. The number of aliphatic hydroxyl groups excluding tert-OH is 3. The van der Waals surface area contributed by atoms with Crippen molar-refractivity contribution in [3.63, 3.8) is 0 Å². The number of benzene rings is 2. The number of aliphatic hydroxyl groups is 3. The second-order valence-corrected chi connectivity index (χ2v) is 11.8. The highest BCUT2D eigenvalue weighted by Gasteiger charge is 2.40. The number of unbranched alkanes of at least 4 members (excludes halogenated alkanes) is 1. The van der Waals surface area contributed by atoms with Crippen LogP contribution in [0.25, 0.3) is 0 Å². The highest BCUT2D eigenvalue weighted by molar-refractivity contribution is 5.76. The summed E-state index contributed by atoms with van der Waals surface area (Å²) in [6.07, 6.45) is 8.84. The van der Waals surface area contributed by atoms with Gasteiger partial charge in [0, 0.05) is 18.4 Å². The van der Waals surface area contributed by atoms with E-state index in [2.05, 4.69) is 12.1 Å². The van der Waals surface area contributed by atoms with Crippen molar-refractivity contribution in [3.05, 3.63) is 77.4 Å². The number of hydrogen-bond donors (Lipinski definition) is 3. The maximum atomic E-state index is 12.0. The lowest BCUT2D eigenvalue weighted by molar-refractivity contribution is -0.147. The first-order valence-electron chi connectivity index (χ1n) is 16.0. The van der Waals surface area contributed by atoms with Crippen LogP contribution in [0.3, 0.4) is 0 Å². The van der Waals surface area contributed by atoms with Crippen molar-refractivity contribution < 1.29 is 43.9 Å². The molecule has 0 heterocycles. The van der Waals surface area contributed by atoms with Crippen LogP contribution < -0.4 is 4.74 Å². The second-order valence-electron chi connectivity index (χ2n) is 11.8. The Labute approximate surface area is 266 Å². The topological polar surface area (TPSA) is 140 Å². The molecule has 1 aliphatic rings. The highest BCUT2D eigenvalue weighted by Crippen LogP contribution is 2.38. The minimum absolute atomic E-state index is 0.0533. The largest absolute Gasteiger partial charge is 0.482 e. The molecule has 1 aliphatic carbocycles. The van der Waals surface area contributed by atoms with Gasteiger partial charge in [-0.05, 0) is 87.3 Å². The van der Waals surface area contributed by atoms with Gasteiger partial charge < -0.3 is 29.5 Å². The summed E-state index contributed by atoms with van der Waals surface area (Å²) in [5.74, 6) is -0.528. The van der Waals surface area contributed by atoms with Crippen LogP contribution in [0, 0.1) is 18.8 Å². The molecule has 0 bridgehead atoms. The number of carbonyl (C=O) groups excluding carboxylic acids is 3. The molecule has 0 radical (unpaired) electrons. The first-order valence-corrected chi connectivity index (χ1v) is 16.0. The summed E-state index contributed by atoms with van der Waals surface area (Å²) in [6.45, 7) is 1.77. The zero-order chi connectivity index (χ0) is 32.4. The number of rotatable bonds is 20. The van der Waals surface area contributed by atoms with Gasteiger partial charge >= 0.3 is 11.9 Å². The predicted molar refractivity (Wildman–Crippen MR) is 170 cm³/mol. The Bertz CT molecular complexity index is 1210. The van der Waals surface area contributed by atoms with Gasteiger partial charge in [0.15, 0.2) is 6.61 Å². The molecule has 2 aromatic rings. The molecule has 3 N–H and O–H groups in total. The number of hydrogen-bond acceptors (Lipinski definition) is 9. The molecule has 9 nitrogen and oxygen atoms in total. The summed E-state index contributed by atoms with van der Waals surface area (Å²) in [6, 6.07) is 15.0. The Morgan fingerprint density at radius 1 is 0.933 bits per heavy atom. The Kier molecular flexibility index (Phi) is 15.8. The van der Waals surface area contributed by atoms with E-state index >= 15 is 0 Å².